The van der Waals surface area contributed by atoms with Gasteiger partial charge in [0.2, 0.25) is 5.89 Å². The number of aryl methyl sites for hydroxylation is 1. The number of nitrogens with two attached hydrogens (primary N) is 1. The number of halogens is 1. The Morgan fingerprint density at radius 2 is 2.21 bits per heavy atom. The van der Waals surface area contributed by atoms with Crippen LogP contribution in [0, 0.1) is 12.7 Å². The van der Waals surface area contributed by atoms with Crippen molar-refractivity contribution < 1.29 is 13.5 Å². The summed E-state index contributed by atoms with van der Waals surface area (Å²) in [6, 6.07) is 4.70. The van der Waals surface area contributed by atoms with Crippen molar-refractivity contribution in [3.05, 3.63) is 41.4 Å². The molecular weight excluding hydrogens is 249 g/mol. The Morgan fingerprint density at radius 1 is 1.42 bits per heavy atom. The van der Waals surface area contributed by atoms with E-state index in [1.807, 2.05) is 6.92 Å². The lowest BCUT2D eigenvalue weighted by Crippen LogP contribution is -2.18. The standard InChI is InChI=1S/C13H16FN3O2/c1-8(15)6-10-4-3-5-11(14)13(10)18-7-12-17-16-9(2)19-12/h3-5,8H,6-7,15H2,1-2H3. The monoisotopic (exact) mass is 265 g/mol. The van der Waals surface area contributed by atoms with Crippen LogP contribution in [0.25, 0.3) is 0 Å². The zero-order valence-corrected chi connectivity index (χ0v) is 10.9. The number of aromatic nitrogens is 2. The molecule has 1 atom stereocenters. The second-order valence-corrected chi connectivity index (χ2v) is 4.41. The molecule has 2 N–H and O–H groups in total. The van der Waals surface area contributed by atoms with E-state index in [9.17, 15) is 4.39 Å². The lowest BCUT2D eigenvalue weighted by atomic mass is 10.1. The third-order valence-corrected chi connectivity index (χ3v) is 2.50. The molecule has 0 radical (unpaired) electrons. The molecule has 1 unspecified atom stereocenters. The molecule has 19 heavy (non-hydrogen) atoms. The Hall–Kier alpha value is -1.95. The average Bonchev–Trinajstić information content (AvgIpc) is 2.73. The molecule has 2 aromatic rings. The molecule has 0 bridgehead atoms. The fourth-order valence-electron chi connectivity index (χ4n) is 1.75. The molecule has 5 nitrogen and oxygen atoms in total. The van der Waals surface area contributed by atoms with Crippen LogP contribution in [0.2, 0.25) is 0 Å². The van der Waals surface area contributed by atoms with E-state index in [0.29, 0.717) is 18.2 Å². The molecule has 0 fully saturated rings. The third-order valence-electron chi connectivity index (χ3n) is 2.50. The molecule has 0 aliphatic rings. The second kappa shape index (κ2) is 5.79. The first-order valence-corrected chi connectivity index (χ1v) is 6.01. The van der Waals surface area contributed by atoms with E-state index < -0.39 is 5.82 Å². The topological polar surface area (TPSA) is 74.2 Å². The largest absolute Gasteiger partial charge is 0.480 e. The highest BCUT2D eigenvalue weighted by molar-refractivity contribution is 5.35. The van der Waals surface area contributed by atoms with Crippen LogP contribution in [-0.2, 0) is 13.0 Å². The van der Waals surface area contributed by atoms with E-state index >= 15 is 0 Å². The normalized spacial score (nSPS) is 12.4. The van der Waals surface area contributed by atoms with Crippen molar-refractivity contribution in [2.24, 2.45) is 5.73 Å². The number of hydrogen-bond donors (Lipinski definition) is 1. The van der Waals surface area contributed by atoms with E-state index in [1.54, 1.807) is 19.1 Å². The van der Waals surface area contributed by atoms with Gasteiger partial charge in [-0.15, -0.1) is 10.2 Å². The first-order chi connectivity index (χ1) is 9.06. The molecule has 0 amide bonds. The summed E-state index contributed by atoms with van der Waals surface area (Å²) >= 11 is 0. The van der Waals surface area contributed by atoms with Gasteiger partial charge in [-0.05, 0) is 25.0 Å². The third kappa shape index (κ3) is 3.51. The predicted octanol–water partition coefficient (Wildman–Crippen LogP) is 1.99. The fourth-order valence-corrected chi connectivity index (χ4v) is 1.75. The van der Waals surface area contributed by atoms with Gasteiger partial charge in [-0.1, -0.05) is 12.1 Å². The maximum atomic E-state index is 13.8. The van der Waals surface area contributed by atoms with Gasteiger partial charge in [0.15, 0.2) is 18.2 Å². The average molecular weight is 265 g/mol. The van der Waals surface area contributed by atoms with E-state index in [4.69, 9.17) is 14.9 Å². The van der Waals surface area contributed by atoms with Crippen LogP contribution in [0.4, 0.5) is 4.39 Å². The number of hydrogen-bond acceptors (Lipinski definition) is 5. The van der Waals surface area contributed by atoms with Crippen LogP contribution in [-0.4, -0.2) is 16.2 Å². The molecule has 1 aromatic heterocycles. The van der Waals surface area contributed by atoms with Crippen LogP contribution in [0.3, 0.4) is 0 Å². The quantitative estimate of drug-likeness (QED) is 0.894. The zero-order valence-electron chi connectivity index (χ0n) is 10.9. The van der Waals surface area contributed by atoms with Crippen molar-refractivity contribution in [2.75, 3.05) is 0 Å². The van der Waals surface area contributed by atoms with Crippen LogP contribution >= 0.6 is 0 Å². The van der Waals surface area contributed by atoms with Gasteiger partial charge in [0, 0.05) is 13.0 Å². The van der Waals surface area contributed by atoms with Gasteiger partial charge in [0.1, 0.15) is 0 Å². The lowest BCUT2D eigenvalue weighted by Gasteiger charge is -2.12. The van der Waals surface area contributed by atoms with Gasteiger partial charge in [0.05, 0.1) is 0 Å². The van der Waals surface area contributed by atoms with E-state index in [-0.39, 0.29) is 18.4 Å². The number of nitrogens with zero attached hydrogens (tertiary/aromatic N) is 2. The SMILES string of the molecule is Cc1nnc(COc2c(F)cccc2CC(C)N)o1. The smallest absolute Gasteiger partial charge is 0.253 e. The van der Waals surface area contributed by atoms with Crippen molar-refractivity contribution in [1.29, 1.82) is 0 Å². The summed E-state index contributed by atoms with van der Waals surface area (Å²) in [5.41, 5.74) is 6.46. The summed E-state index contributed by atoms with van der Waals surface area (Å²) in [6.45, 7) is 3.57. The maximum absolute atomic E-state index is 13.8. The van der Waals surface area contributed by atoms with Crippen molar-refractivity contribution in [3.8, 4) is 5.75 Å². The van der Waals surface area contributed by atoms with Crippen LogP contribution < -0.4 is 10.5 Å². The fraction of sp³-hybridized carbons (Fsp3) is 0.385. The molecule has 1 aromatic carbocycles. The molecule has 2 rings (SSSR count). The summed E-state index contributed by atoms with van der Waals surface area (Å²) in [6.07, 6.45) is 0.538. The zero-order chi connectivity index (χ0) is 13.8. The number of rotatable bonds is 5. The van der Waals surface area contributed by atoms with Crippen LogP contribution in [0.5, 0.6) is 5.75 Å². The molecule has 0 saturated heterocycles. The molecule has 0 aliphatic carbocycles. The molecule has 1 heterocycles. The summed E-state index contributed by atoms with van der Waals surface area (Å²) in [7, 11) is 0. The Bertz CT molecular complexity index is 555. The lowest BCUT2D eigenvalue weighted by molar-refractivity contribution is 0.247. The maximum Gasteiger partial charge on any atom is 0.253 e. The molecule has 0 aliphatic heterocycles. The van der Waals surface area contributed by atoms with E-state index in [2.05, 4.69) is 10.2 Å². The Balaban J connectivity index is 2.14. The summed E-state index contributed by atoms with van der Waals surface area (Å²) in [4.78, 5) is 0. The summed E-state index contributed by atoms with van der Waals surface area (Å²) in [5.74, 6) is 0.528. The molecule has 6 heteroatoms. The second-order valence-electron chi connectivity index (χ2n) is 4.41. The predicted molar refractivity (Wildman–Crippen MR) is 67.1 cm³/mol. The Kier molecular flexibility index (Phi) is 4.11. The number of benzene rings is 1. The van der Waals surface area contributed by atoms with E-state index in [1.165, 1.54) is 6.07 Å². The van der Waals surface area contributed by atoms with E-state index in [0.717, 1.165) is 5.56 Å². The van der Waals surface area contributed by atoms with Crippen molar-refractivity contribution >= 4 is 0 Å². The minimum absolute atomic E-state index is 0.0354. The molecule has 0 spiro atoms. The minimum Gasteiger partial charge on any atom is -0.480 e. The highest BCUT2D eigenvalue weighted by atomic mass is 19.1. The Labute approximate surface area is 110 Å². The molecular formula is C13H16FN3O2. The van der Waals surface area contributed by atoms with Crippen molar-refractivity contribution in [3.63, 3.8) is 0 Å². The molecule has 102 valence electrons. The van der Waals surface area contributed by atoms with Gasteiger partial charge in [-0.3, -0.25) is 0 Å². The summed E-state index contributed by atoms with van der Waals surface area (Å²) in [5, 5.41) is 7.47. The number of ether oxygens (including phenoxy) is 1. The first kappa shape index (κ1) is 13.5. The highest BCUT2D eigenvalue weighted by Gasteiger charge is 2.13. The Morgan fingerprint density at radius 3 is 2.84 bits per heavy atom. The van der Waals surface area contributed by atoms with Crippen molar-refractivity contribution in [1.82, 2.24) is 10.2 Å². The van der Waals surface area contributed by atoms with Crippen molar-refractivity contribution in [2.45, 2.75) is 32.9 Å². The van der Waals surface area contributed by atoms with Gasteiger partial charge >= 0.3 is 0 Å². The van der Waals surface area contributed by atoms with Gasteiger partial charge in [-0.25, -0.2) is 4.39 Å². The van der Waals surface area contributed by atoms with Gasteiger partial charge in [-0.2, -0.15) is 0 Å². The summed E-state index contributed by atoms with van der Waals surface area (Å²) < 4.78 is 24.4. The van der Waals surface area contributed by atoms with Crippen LogP contribution in [0.15, 0.2) is 22.6 Å². The van der Waals surface area contributed by atoms with Gasteiger partial charge < -0.3 is 14.9 Å². The van der Waals surface area contributed by atoms with Crippen LogP contribution in [0.1, 0.15) is 24.3 Å². The van der Waals surface area contributed by atoms with Gasteiger partial charge in [0.25, 0.3) is 5.89 Å². The highest BCUT2D eigenvalue weighted by Crippen LogP contribution is 2.24. The number of para-hydroxylation sites is 1. The minimum atomic E-state index is -0.422. The first-order valence-electron chi connectivity index (χ1n) is 6.01. The molecule has 0 saturated carbocycles.